The summed E-state index contributed by atoms with van der Waals surface area (Å²) in [4.78, 5) is 23.0. The normalized spacial score (nSPS) is 30.7. The molecule has 1 aliphatic rings. The van der Waals surface area contributed by atoms with Gasteiger partial charge in [-0.05, 0) is 25.7 Å². The Morgan fingerprint density at radius 2 is 1.94 bits per heavy atom. The number of amides is 1. The summed E-state index contributed by atoms with van der Waals surface area (Å²) < 4.78 is 11.2. The van der Waals surface area contributed by atoms with Crippen molar-refractivity contribution in [2.45, 2.75) is 31.9 Å². The summed E-state index contributed by atoms with van der Waals surface area (Å²) in [5.41, 5.74) is 0. The number of aliphatic carboxylic acids is 1. The number of hydrogen-bond donors (Lipinski definition) is 2. The average Bonchev–Trinajstić information content (AvgIpc) is 2.67. The molecule has 0 aliphatic heterocycles. The van der Waals surface area contributed by atoms with Crippen molar-refractivity contribution in [1.29, 1.82) is 0 Å². The lowest BCUT2D eigenvalue weighted by molar-refractivity contribution is -0.146. The Kier molecular flexibility index (Phi) is 5.31. The fraction of sp³-hybridized carbons (Fsp3) is 0.833. The van der Waals surface area contributed by atoms with Crippen LogP contribution in [0.3, 0.4) is 0 Å². The van der Waals surface area contributed by atoms with E-state index in [1.165, 1.54) is 0 Å². The van der Waals surface area contributed by atoms with Crippen molar-refractivity contribution >= 4 is 22.7 Å². The fourth-order valence-corrected chi connectivity index (χ4v) is 2.67. The summed E-state index contributed by atoms with van der Waals surface area (Å²) in [6.45, 7) is 4.09. The molecule has 3 unspecified atom stereocenters. The lowest BCUT2D eigenvalue weighted by Crippen LogP contribution is -2.39. The van der Waals surface area contributed by atoms with E-state index < -0.39 is 28.6 Å². The molecule has 5 nitrogen and oxygen atoms in total. The van der Waals surface area contributed by atoms with Gasteiger partial charge in [0.1, 0.15) is 0 Å². The smallest absolute Gasteiger partial charge is 0.307 e. The van der Waals surface area contributed by atoms with Crippen LogP contribution < -0.4 is 5.32 Å². The molecule has 2 N–H and O–H groups in total. The number of rotatable bonds is 5. The molecule has 0 bridgehead atoms. The first-order valence-corrected chi connectivity index (χ1v) is 7.77. The summed E-state index contributed by atoms with van der Waals surface area (Å²) in [7, 11) is -0.984. The van der Waals surface area contributed by atoms with Gasteiger partial charge in [0.05, 0.1) is 11.8 Å². The Balaban J connectivity index is 2.55. The Bertz CT molecular complexity index is 358. The summed E-state index contributed by atoms with van der Waals surface area (Å²) >= 11 is 0. The van der Waals surface area contributed by atoms with Crippen LogP contribution in [-0.4, -0.2) is 39.2 Å². The van der Waals surface area contributed by atoms with Crippen molar-refractivity contribution in [3.63, 3.8) is 0 Å². The van der Waals surface area contributed by atoms with Gasteiger partial charge in [0.25, 0.3) is 0 Å². The third kappa shape index (κ3) is 3.80. The minimum absolute atomic E-state index is 0.115. The van der Waals surface area contributed by atoms with Gasteiger partial charge in [0.2, 0.25) is 5.91 Å². The predicted molar refractivity (Wildman–Crippen MR) is 69.6 cm³/mol. The molecule has 18 heavy (non-hydrogen) atoms. The molecule has 0 aromatic rings. The van der Waals surface area contributed by atoms with Gasteiger partial charge in [-0.1, -0.05) is 6.92 Å². The number of carboxylic acids is 1. The molecule has 0 aromatic carbocycles. The molecule has 1 rings (SSSR count). The van der Waals surface area contributed by atoms with Crippen LogP contribution in [0, 0.1) is 17.8 Å². The van der Waals surface area contributed by atoms with E-state index in [1.807, 2.05) is 6.92 Å². The predicted octanol–water partition coefficient (Wildman–Crippen LogP) is 0.616. The van der Waals surface area contributed by atoms with E-state index in [0.717, 1.165) is 0 Å². The molecular weight excluding hydrogens is 254 g/mol. The second kappa shape index (κ2) is 6.31. The average molecular weight is 275 g/mol. The zero-order valence-corrected chi connectivity index (χ0v) is 11.8. The molecular formula is C12H21NO4S. The van der Waals surface area contributed by atoms with E-state index in [-0.39, 0.29) is 17.1 Å². The quantitative estimate of drug-likeness (QED) is 0.770. The molecule has 1 saturated carbocycles. The van der Waals surface area contributed by atoms with Crippen LogP contribution in [0.15, 0.2) is 0 Å². The van der Waals surface area contributed by atoms with E-state index in [9.17, 15) is 13.8 Å². The number of carbonyl (C=O) groups is 2. The lowest BCUT2D eigenvalue weighted by Gasteiger charge is -2.17. The van der Waals surface area contributed by atoms with E-state index in [2.05, 4.69) is 5.32 Å². The van der Waals surface area contributed by atoms with Gasteiger partial charge < -0.3 is 10.4 Å². The zero-order chi connectivity index (χ0) is 13.9. The largest absolute Gasteiger partial charge is 0.481 e. The van der Waals surface area contributed by atoms with Crippen molar-refractivity contribution in [3.05, 3.63) is 0 Å². The monoisotopic (exact) mass is 275 g/mol. The van der Waals surface area contributed by atoms with Crippen molar-refractivity contribution < 1.29 is 18.9 Å². The Hall–Kier alpha value is -0.910. The van der Waals surface area contributed by atoms with Crippen molar-refractivity contribution in [3.8, 4) is 0 Å². The minimum Gasteiger partial charge on any atom is -0.481 e. The second-order valence-electron chi connectivity index (χ2n) is 5.18. The van der Waals surface area contributed by atoms with Crippen LogP contribution >= 0.6 is 0 Å². The summed E-state index contributed by atoms with van der Waals surface area (Å²) in [5.74, 6) is -1.88. The van der Waals surface area contributed by atoms with Gasteiger partial charge in [-0.25, -0.2) is 0 Å². The lowest BCUT2D eigenvalue weighted by atomic mass is 9.95. The Labute approximate surface area is 110 Å². The molecule has 6 heteroatoms. The molecule has 1 fully saturated rings. The first-order valence-electron chi connectivity index (χ1n) is 6.15. The molecule has 0 aromatic heterocycles. The third-order valence-corrected chi connectivity index (χ3v) is 4.88. The highest BCUT2D eigenvalue weighted by atomic mass is 32.2. The highest BCUT2D eigenvalue weighted by Crippen LogP contribution is 2.36. The highest BCUT2D eigenvalue weighted by Gasteiger charge is 2.41. The molecule has 1 aliphatic carbocycles. The molecule has 0 heterocycles. The minimum atomic E-state index is -0.984. The molecule has 5 atom stereocenters. The SMILES string of the molecule is CC1C[C@H](C(=O)NCC(C)S(C)=O)[C@H](C(=O)O)C1. The molecule has 0 radical (unpaired) electrons. The van der Waals surface area contributed by atoms with E-state index in [0.29, 0.717) is 19.4 Å². The Morgan fingerprint density at radius 3 is 2.44 bits per heavy atom. The van der Waals surface area contributed by atoms with Gasteiger partial charge in [-0.2, -0.15) is 0 Å². The maximum atomic E-state index is 12.0. The first-order chi connectivity index (χ1) is 8.32. The van der Waals surface area contributed by atoms with Crippen LogP contribution in [0.25, 0.3) is 0 Å². The molecule has 0 saturated heterocycles. The van der Waals surface area contributed by atoms with E-state index >= 15 is 0 Å². The Morgan fingerprint density at radius 1 is 1.39 bits per heavy atom. The highest BCUT2D eigenvalue weighted by molar-refractivity contribution is 7.84. The van der Waals surface area contributed by atoms with Crippen LogP contribution in [0.5, 0.6) is 0 Å². The number of carboxylic acid groups (broad SMARTS) is 1. The first kappa shape index (κ1) is 15.1. The topological polar surface area (TPSA) is 83.5 Å². The van der Waals surface area contributed by atoms with Gasteiger partial charge in [0, 0.05) is 28.9 Å². The van der Waals surface area contributed by atoms with Crippen LogP contribution in [0.2, 0.25) is 0 Å². The molecule has 104 valence electrons. The van der Waals surface area contributed by atoms with Crippen LogP contribution in [0.1, 0.15) is 26.7 Å². The van der Waals surface area contributed by atoms with E-state index in [4.69, 9.17) is 5.11 Å². The number of carbonyl (C=O) groups excluding carboxylic acids is 1. The maximum Gasteiger partial charge on any atom is 0.307 e. The zero-order valence-electron chi connectivity index (χ0n) is 11.0. The van der Waals surface area contributed by atoms with Gasteiger partial charge in [0.15, 0.2) is 0 Å². The van der Waals surface area contributed by atoms with E-state index in [1.54, 1.807) is 13.2 Å². The van der Waals surface area contributed by atoms with Gasteiger partial charge >= 0.3 is 5.97 Å². The number of nitrogens with one attached hydrogen (secondary N) is 1. The van der Waals surface area contributed by atoms with Crippen LogP contribution in [-0.2, 0) is 20.4 Å². The van der Waals surface area contributed by atoms with Gasteiger partial charge in [-0.3, -0.25) is 13.8 Å². The van der Waals surface area contributed by atoms with Crippen LogP contribution in [0.4, 0.5) is 0 Å². The standard InChI is InChI=1S/C12H21NO4S/c1-7-4-9(10(5-7)12(15)16)11(14)13-6-8(2)18(3)17/h7-10H,4-6H2,1-3H3,(H,13,14)(H,15,16)/t7?,8?,9-,10+,18?/m0/s1. The third-order valence-electron chi connectivity index (χ3n) is 3.58. The molecule has 1 amide bonds. The van der Waals surface area contributed by atoms with Crippen molar-refractivity contribution in [2.75, 3.05) is 12.8 Å². The fourth-order valence-electron chi connectivity index (χ4n) is 2.35. The molecule has 0 spiro atoms. The second-order valence-corrected chi connectivity index (χ2v) is 6.98. The summed E-state index contributed by atoms with van der Waals surface area (Å²) in [6.07, 6.45) is 2.77. The summed E-state index contributed by atoms with van der Waals surface area (Å²) in [5, 5.41) is 11.7. The van der Waals surface area contributed by atoms with Crippen molar-refractivity contribution in [2.24, 2.45) is 17.8 Å². The van der Waals surface area contributed by atoms with Gasteiger partial charge in [-0.15, -0.1) is 0 Å². The van der Waals surface area contributed by atoms with Crippen molar-refractivity contribution in [1.82, 2.24) is 5.32 Å². The maximum absolute atomic E-state index is 12.0. The number of hydrogen-bond acceptors (Lipinski definition) is 3. The summed E-state index contributed by atoms with van der Waals surface area (Å²) in [6, 6.07) is 0.